The third-order valence-electron chi connectivity index (χ3n) is 2.74. The first-order valence-electron chi connectivity index (χ1n) is 6.41. The third-order valence-corrected chi connectivity index (χ3v) is 2.74. The number of ether oxygens (including phenoxy) is 1. The molecule has 3 heteroatoms. The summed E-state index contributed by atoms with van der Waals surface area (Å²) in [6.45, 7) is 4.58. The highest BCUT2D eigenvalue weighted by molar-refractivity contribution is 6.09. The number of benzene rings is 1. The van der Waals surface area contributed by atoms with Gasteiger partial charge in [0.2, 0.25) is 5.78 Å². The molecule has 0 fully saturated rings. The number of carbonyl (C=O) groups is 1. The molecule has 1 aromatic carbocycles. The van der Waals surface area contributed by atoms with Gasteiger partial charge < -0.3 is 4.74 Å². The number of aromatic nitrogens is 1. The molecular weight excluding hydrogens is 238 g/mol. The van der Waals surface area contributed by atoms with Crippen LogP contribution in [0, 0.1) is 6.92 Å². The second-order valence-corrected chi connectivity index (χ2v) is 4.39. The number of hydrogen-bond donors (Lipinski definition) is 0. The zero-order valence-electron chi connectivity index (χ0n) is 11.2. The second kappa shape index (κ2) is 6.14. The number of rotatable bonds is 5. The molecule has 0 bridgehead atoms. The maximum Gasteiger partial charge on any atom is 0.215 e. The molecule has 0 unspecified atom stereocenters. The average molecular weight is 255 g/mol. The molecule has 0 aliphatic heterocycles. The fourth-order valence-corrected chi connectivity index (χ4v) is 1.79. The molecule has 0 aliphatic carbocycles. The number of ketones is 1. The molecule has 0 atom stereocenters. The lowest BCUT2D eigenvalue weighted by molar-refractivity contribution is 0.103. The van der Waals surface area contributed by atoms with Crippen LogP contribution in [0.15, 0.2) is 42.6 Å². The molecule has 0 saturated heterocycles. The molecule has 0 spiro atoms. The van der Waals surface area contributed by atoms with Crippen molar-refractivity contribution in [2.45, 2.75) is 20.3 Å². The minimum absolute atomic E-state index is 0.101. The molecule has 2 rings (SSSR count). The number of aryl methyl sites for hydroxylation is 1. The van der Waals surface area contributed by atoms with Gasteiger partial charge >= 0.3 is 0 Å². The van der Waals surface area contributed by atoms with Gasteiger partial charge in [0, 0.05) is 6.20 Å². The number of pyridine rings is 1. The summed E-state index contributed by atoms with van der Waals surface area (Å²) in [5, 5.41) is 0. The minimum atomic E-state index is -0.101. The summed E-state index contributed by atoms with van der Waals surface area (Å²) in [5.41, 5.74) is 2.03. The van der Waals surface area contributed by atoms with Gasteiger partial charge in [0.15, 0.2) is 0 Å². The van der Waals surface area contributed by atoms with Crippen molar-refractivity contribution in [3.63, 3.8) is 0 Å². The highest BCUT2D eigenvalue weighted by Gasteiger charge is 2.15. The molecule has 1 heterocycles. The minimum Gasteiger partial charge on any atom is -0.493 e. The molecule has 98 valence electrons. The van der Waals surface area contributed by atoms with Crippen LogP contribution in [0.3, 0.4) is 0 Å². The van der Waals surface area contributed by atoms with Crippen LogP contribution in [0.4, 0.5) is 0 Å². The summed E-state index contributed by atoms with van der Waals surface area (Å²) in [6, 6.07) is 11.0. The SMILES string of the molecule is CCCOc1ccccc1C(=O)c1cc(C)ccn1. The standard InChI is InChI=1S/C16H17NO2/c1-3-10-19-15-7-5-4-6-13(15)16(18)14-11-12(2)8-9-17-14/h4-9,11H,3,10H2,1-2H3. The van der Waals surface area contributed by atoms with E-state index < -0.39 is 0 Å². The van der Waals surface area contributed by atoms with Gasteiger partial charge in [0.05, 0.1) is 12.2 Å². The van der Waals surface area contributed by atoms with Crippen LogP contribution in [0.2, 0.25) is 0 Å². The molecule has 0 aliphatic rings. The van der Waals surface area contributed by atoms with Gasteiger partial charge in [-0.25, -0.2) is 0 Å². The average Bonchev–Trinajstić information content (AvgIpc) is 2.44. The first-order valence-corrected chi connectivity index (χ1v) is 6.41. The van der Waals surface area contributed by atoms with Crippen molar-refractivity contribution in [3.8, 4) is 5.75 Å². The van der Waals surface area contributed by atoms with E-state index in [1.165, 1.54) is 0 Å². The second-order valence-electron chi connectivity index (χ2n) is 4.39. The number of nitrogens with zero attached hydrogens (tertiary/aromatic N) is 1. The molecule has 0 amide bonds. The van der Waals surface area contributed by atoms with E-state index in [0.717, 1.165) is 12.0 Å². The molecule has 19 heavy (non-hydrogen) atoms. The first kappa shape index (κ1) is 13.3. The lowest BCUT2D eigenvalue weighted by atomic mass is 10.1. The van der Waals surface area contributed by atoms with Crippen LogP contribution in [0.5, 0.6) is 5.75 Å². The zero-order chi connectivity index (χ0) is 13.7. The van der Waals surface area contributed by atoms with E-state index in [4.69, 9.17) is 4.74 Å². The summed E-state index contributed by atoms with van der Waals surface area (Å²) in [7, 11) is 0. The van der Waals surface area contributed by atoms with Crippen LogP contribution in [-0.2, 0) is 0 Å². The fraction of sp³-hybridized carbons (Fsp3) is 0.250. The highest BCUT2D eigenvalue weighted by Crippen LogP contribution is 2.21. The van der Waals surface area contributed by atoms with Crippen molar-refractivity contribution < 1.29 is 9.53 Å². The Morgan fingerprint density at radius 2 is 2.05 bits per heavy atom. The van der Waals surface area contributed by atoms with E-state index >= 15 is 0 Å². The number of hydrogen-bond acceptors (Lipinski definition) is 3. The Bertz CT molecular complexity index is 578. The smallest absolute Gasteiger partial charge is 0.215 e. The largest absolute Gasteiger partial charge is 0.493 e. The topological polar surface area (TPSA) is 39.2 Å². The normalized spacial score (nSPS) is 10.2. The Morgan fingerprint density at radius 3 is 2.79 bits per heavy atom. The van der Waals surface area contributed by atoms with Crippen LogP contribution in [0.25, 0.3) is 0 Å². The Labute approximate surface area is 113 Å². The van der Waals surface area contributed by atoms with E-state index in [2.05, 4.69) is 4.98 Å². The number of carbonyl (C=O) groups excluding carboxylic acids is 1. The van der Waals surface area contributed by atoms with E-state index in [-0.39, 0.29) is 5.78 Å². The summed E-state index contributed by atoms with van der Waals surface area (Å²) in [4.78, 5) is 16.6. The summed E-state index contributed by atoms with van der Waals surface area (Å²) < 4.78 is 5.61. The predicted octanol–water partition coefficient (Wildman–Crippen LogP) is 3.41. The molecule has 0 N–H and O–H groups in total. The van der Waals surface area contributed by atoms with E-state index in [0.29, 0.717) is 23.6 Å². The van der Waals surface area contributed by atoms with Gasteiger partial charge in [-0.15, -0.1) is 0 Å². The Kier molecular flexibility index (Phi) is 4.29. The van der Waals surface area contributed by atoms with Crippen LogP contribution >= 0.6 is 0 Å². The van der Waals surface area contributed by atoms with Crippen molar-refractivity contribution in [2.75, 3.05) is 6.61 Å². The highest BCUT2D eigenvalue weighted by atomic mass is 16.5. The molecule has 0 saturated carbocycles. The lowest BCUT2D eigenvalue weighted by Crippen LogP contribution is -2.07. The van der Waals surface area contributed by atoms with Crippen LogP contribution in [0.1, 0.15) is 35.0 Å². The predicted molar refractivity (Wildman–Crippen MR) is 74.6 cm³/mol. The van der Waals surface area contributed by atoms with Crippen molar-refractivity contribution >= 4 is 5.78 Å². The summed E-state index contributed by atoms with van der Waals surface area (Å²) in [5.74, 6) is 0.521. The van der Waals surface area contributed by atoms with Crippen molar-refractivity contribution in [2.24, 2.45) is 0 Å². The Morgan fingerprint density at radius 1 is 1.26 bits per heavy atom. The van der Waals surface area contributed by atoms with Crippen molar-refractivity contribution in [1.82, 2.24) is 4.98 Å². The van der Waals surface area contributed by atoms with E-state index in [1.54, 1.807) is 18.3 Å². The molecule has 3 nitrogen and oxygen atoms in total. The maximum atomic E-state index is 12.4. The van der Waals surface area contributed by atoms with Gasteiger partial charge in [-0.3, -0.25) is 9.78 Å². The fourth-order valence-electron chi connectivity index (χ4n) is 1.79. The number of para-hydroxylation sites is 1. The zero-order valence-corrected chi connectivity index (χ0v) is 11.2. The third kappa shape index (κ3) is 3.19. The van der Waals surface area contributed by atoms with Crippen LogP contribution < -0.4 is 4.74 Å². The monoisotopic (exact) mass is 255 g/mol. The Hall–Kier alpha value is -2.16. The van der Waals surface area contributed by atoms with E-state index in [9.17, 15) is 4.79 Å². The molecule has 2 aromatic rings. The van der Waals surface area contributed by atoms with Gasteiger partial charge in [-0.2, -0.15) is 0 Å². The van der Waals surface area contributed by atoms with Crippen molar-refractivity contribution in [3.05, 3.63) is 59.4 Å². The van der Waals surface area contributed by atoms with Crippen molar-refractivity contribution in [1.29, 1.82) is 0 Å². The lowest BCUT2D eigenvalue weighted by Gasteiger charge is -2.09. The summed E-state index contributed by atoms with van der Waals surface area (Å²) >= 11 is 0. The quantitative estimate of drug-likeness (QED) is 0.768. The first-order chi connectivity index (χ1) is 9.22. The summed E-state index contributed by atoms with van der Waals surface area (Å²) in [6.07, 6.45) is 2.56. The maximum absolute atomic E-state index is 12.4. The molecule has 1 aromatic heterocycles. The van der Waals surface area contributed by atoms with Gasteiger partial charge in [0.1, 0.15) is 11.4 Å². The van der Waals surface area contributed by atoms with Gasteiger partial charge in [-0.1, -0.05) is 19.1 Å². The van der Waals surface area contributed by atoms with Gasteiger partial charge in [0.25, 0.3) is 0 Å². The van der Waals surface area contributed by atoms with Crippen LogP contribution in [-0.4, -0.2) is 17.4 Å². The molecular formula is C16H17NO2. The van der Waals surface area contributed by atoms with Gasteiger partial charge in [-0.05, 0) is 43.2 Å². The molecule has 0 radical (unpaired) electrons. The Balaban J connectivity index is 2.33. The van der Waals surface area contributed by atoms with E-state index in [1.807, 2.05) is 38.1 Å².